The average molecular weight is 455 g/mol. The third kappa shape index (κ3) is 5.26. The number of hydrogen-bond acceptors (Lipinski definition) is 5. The number of nitrogens with zero attached hydrogens (tertiary/aromatic N) is 2. The van der Waals surface area contributed by atoms with Crippen molar-refractivity contribution in [3.8, 4) is 12.3 Å². The molecule has 0 fully saturated rings. The van der Waals surface area contributed by atoms with E-state index in [2.05, 4.69) is 15.7 Å². The van der Waals surface area contributed by atoms with E-state index in [1.165, 1.54) is 13.1 Å². The van der Waals surface area contributed by atoms with E-state index in [4.69, 9.17) is 11.2 Å². The zero-order valence-corrected chi connectivity index (χ0v) is 17.4. The third-order valence-electron chi connectivity index (χ3n) is 4.88. The molecular weight excluding hydrogens is 435 g/mol. The van der Waals surface area contributed by atoms with E-state index in [1.54, 1.807) is 4.68 Å². The van der Waals surface area contributed by atoms with Crippen molar-refractivity contribution in [3.05, 3.63) is 46.8 Å². The van der Waals surface area contributed by atoms with Gasteiger partial charge in [-0.15, -0.1) is 6.42 Å². The summed E-state index contributed by atoms with van der Waals surface area (Å²) in [6.45, 7) is 1.73. The number of ether oxygens (including phenoxy) is 1. The van der Waals surface area contributed by atoms with Gasteiger partial charge in [0.15, 0.2) is 0 Å². The molecule has 0 saturated heterocycles. The summed E-state index contributed by atoms with van der Waals surface area (Å²) in [6, 6.07) is 1.67. The molecule has 1 aromatic heterocycles. The first-order valence-electron chi connectivity index (χ1n) is 9.40. The number of esters is 1. The molecule has 1 N–H and O–H groups in total. The maximum absolute atomic E-state index is 13.2. The lowest BCUT2D eigenvalue weighted by Gasteiger charge is -2.24. The second kappa shape index (κ2) is 8.72. The standard InChI is InChI=1S/C20H20F3N3O4S/c1-3-14-9-15(20(21,22)23)11-16(10-14)31(28,29)25-18-5-4-6-19-17(18)12-24-26(19)7-8-30-13(2)27/h1,9-12,18,25H,4-8H2,2H3. The minimum atomic E-state index is -4.74. The number of halogens is 3. The highest BCUT2D eigenvalue weighted by Crippen LogP contribution is 2.34. The van der Waals surface area contributed by atoms with Gasteiger partial charge >= 0.3 is 12.1 Å². The molecule has 1 aliphatic rings. The number of aromatic nitrogens is 2. The molecule has 1 atom stereocenters. The Morgan fingerprint density at radius 2 is 2.13 bits per heavy atom. The summed E-state index contributed by atoms with van der Waals surface area (Å²) in [5.41, 5.74) is 0.116. The van der Waals surface area contributed by atoms with Gasteiger partial charge in [-0.3, -0.25) is 9.48 Å². The number of carbonyl (C=O) groups excluding carboxylic acids is 1. The summed E-state index contributed by atoms with van der Waals surface area (Å²) in [6.07, 6.45) is 3.76. The normalized spacial score (nSPS) is 16.4. The Kier molecular flexibility index (Phi) is 6.43. The Balaban J connectivity index is 1.86. The van der Waals surface area contributed by atoms with Gasteiger partial charge in [0, 0.05) is 23.7 Å². The van der Waals surface area contributed by atoms with Gasteiger partial charge in [0.2, 0.25) is 10.0 Å². The zero-order chi connectivity index (χ0) is 22.8. The molecule has 0 spiro atoms. The second-order valence-corrected chi connectivity index (χ2v) is 8.78. The van der Waals surface area contributed by atoms with Crippen molar-refractivity contribution >= 4 is 16.0 Å². The van der Waals surface area contributed by atoms with Crippen molar-refractivity contribution in [2.75, 3.05) is 6.61 Å². The largest absolute Gasteiger partial charge is 0.464 e. The van der Waals surface area contributed by atoms with Gasteiger partial charge in [-0.2, -0.15) is 18.3 Å². The van der Waals surface area contributed by atoms with E-state index in [0.717, 1.165) is 17.8 Å². The van der Waals surface area contributed by atoms with E-state index >= 15 is 0 Å². The highest BCUT2D eigenvalue weighted by atomic mass is 32.2. The first-order valence-corrected chi connectivity index (χ1v) is 10.9. The van der Waals surface area contributed by atoms with Gasteiger partial charge in [-0.05, 0) is 37.5 Å². The SMILES string of the molecule is C#Cc1cc(C(F)(F)F)cc(S(=O)(=O)NC2CCCc3c2cnn3CCOC(C)=O)c1. The monoisotopic (exact) mass is 455 g/mol. The molecule has 166 valence electrons. The van der Waals surface area contributed by atoms with Crippen LogP contribution in [0.25, 0.3) is 0 Å². The van der Waals surface area contributed by atoms with E-state index < -0.39 is 38.7 Å². The smallest absolute Gasteiger partial charge is 0.416 e. The predicted molar refractivity (Wildman–Crippen MR) is 104 cm³/mol. The summed E-state index contributed by atoms with van der Waals surface area (Å²) in [4.78, 5) is 10.4. The van der Waals surface area contributed by atoms with Crippen molar-refractivity contribution in [1.29, 1.82) is 0 Å². The van der Waals surface area contributed by atoms with Gasteiger partial charge in [-0.25, -0.2) is 13.1 Å². The first-order chi connectivity index (χ1) is 14.5. The number of terminal acetylenes is 1. The van der Waals surface area contributed by atoms with Crippen molar-refractivity contribution in [2.45, 2.75) is 49.8 Å². The summed E-state index contributed by atoms with van der Waals surface area (Å²) < 4.78 is 74.3. The van der Waals surface area contributed by atoms with Crippen LogP contribution in [0.4, 0.5) is 13.2 Å². The van der Waals surface area contributed by atoms with Crippen LogP contribution in [0.2, 0.25) is 0 Å². The molecule has 3 rings (SSSR count). The van der Waals surface area contributed by atoms with Crippen LogP contribution in [0.15, 0.2) is 29.3 Å². The molecule has 1 aliphatic carbocycles. The van der Waals surface area contributed by atoms with Crippen LogP contribution in [-0.2, 0) is 38.7 Å². The van der Waals surface area contributed by atoms with Gasteiger partial charge in [0.05, 0.1) is 29.2 Å². The summed E-state index contributed by atoms with van der Waals surface area (Å²) in [5, 5.41) is 4.24. The Bertz CT molecular complexity index is 1130. The molecule has 11 heteroatoms. The molecule has 2 aromatic rings. The molecule has 1 aromatic carbocycles. The fourth-order valence-electron chi connectivity index (χ4n) is 3.47. The van der Waals surface area contributed by atoms with Gasteiger partial charge in [-0.1, -0.05) is 5.92 Å². The van der Waals surface area contributed by atoms with E-state index in [-0.39, 0.29) is 12.2 Å². The number of rotatable bonds is 6. The quantitative estimate of drug-likeness (QED) is 0.535. The number of sulfonamides is 1. The third-order valence-corrected chi connectivity index (χ3v) is 6.33. The van der Waals surface area contributed by atoms with Crippen LogP contribution in [0.1, 0.15) is 48.2 Å². The van der Waals surface area contributed by atoms with Gasteiger partial charge in [0.25, 0.3) is 0 Å². The second-order valence-electron chi connectivity index (χ2n) is 7.06. The Hall–Kier alpha value is -2.84. The topological polar surface area (TPSA) is 90.3 Å². The van der Waals surface area contributed by atoms with E-state index in [9.17, 15) is 26.4 Å². The van der Waals surface area contributed by atoms with Crippen LogP contribution >= 0.6 is 0 Å². The lowest BCUT2D eigenvalue weighted by Crippen LogP contribution is -2.31. The molecule has 1 unspecified atom stereocenters. The van der Waals surface area contributed by atoms with Crippen LogP contribution in [0, 0.1) is 12.3 Å². The fraction of sp³-hybridized carbons (Fsp3) is 0.400. The number of fused-ring (bicyclic) bond motifs is 1. The van der Waals surface area contributed by atoms with Crippen LogP contribution < -0.4 is 4.72 Å². The van der Waals surface area contributed by atoms with Crippen LogP contribution in [0.5, 0.6) is 0 Å². The van der Waals surface area contributed by atoms with Crippen molar-refractivity contribution in [1.82, 2.24) is 14.5 Å². The Labute approximate surface area is 177 Å². The van der Waals surface area contributed by atoms with Crippen molar-refractivity contribution < 1.29 is 31.1 Å². The molecule has 1 heterocycles. The molecule has 0 amide bonds. The number of nitrogens with one attached hydrogen (secondary N) is 1. The van der Waals surface area contributed by atoms with Crippen molar-refractivity contribution in [3.63, 3.8) is 0 Å². The van der Waals surface area contributed by atoms with Gasteiger partial charge < -0.3 is 4.74 Å². The number of hydrogen-bond donors (Lipinski definition) is 1. The Morgan fingerprint density at radius 1 is 1.39 bits per heavy atom. The van der Waals surface area contributed by atoms with Crippen LogP contribution in [-0.4, -0.2) is 30.8 Å². The molecule has 0 radical (unpaired) electrons. The number of alkyl halides is 3. The summed E-state index contributed by atoms with van der Waals surface area (Å²) in [5.74, 6) is 1.64. The summed E-state index contributed by atoms with van der Waals surface area (Å²) in [7, 11) is -4.29. The fourth-order valence-corrected chi connectivity index (χ4v) is 4.79. The predicted octanol–water partition coefficient (Wildman–Crippen LogP) is 2.80. The Morgan fingerprint density at radius 3 is 2.77 bits per heavy atom. The highest BCUT2D eigenvalue weighted by Gasteiger charge is 2.34. The maximum Gasteiger partial charge on any atom is 0.416 e. The molecule has 7 nitrogen and oxygen atoms in total. The lowest BCUT2D eigenvalue weighted by molar-refractivity contribution is -0.141. The molecule has 0 aliphatic heterocycles. The van der Waals surface area contributed by atoms with E-state index in [0.29, 0.717) is 37.4 Å². The summed E-state index contributed by atoms with van der Waals surface area (Å²) >= 11 is 0. The number of benzene rings is 1. The van der Waals surface area contributed by atoms with E-state index in [1.807, 2.05) is 0 Å². The van der Waals surface area contributed by atoms with Gasteiger partial charge in [0.1, 0.15) is 6.61 Å². The maximum atomic E-state index is 13.2. The molecule has 31 heavy (non-hydrogen) atoms. The number of carbonyl (C=O) groups is 1. The molecular formula is C20H20F3N3O4S. The highest BCUT2D eigenvalue weighted by molar-refractivity contribution is 7.89. The zero-order valence-electron chi connectivity index (χ0n) is 16.6. The lowest BCUT2D eigenvalue weighted by atomic mass is 9.94. The van der Waals surface area contributed by atoms with Crippen molar-refractivity contribution in [2.24, 2.45) is 0 Å². The average Bonchev–Trinajstić information content (AvgIpc) is 3.10. The minimum Gasteiger partial charge on any atom is -0.464 e. The molecule has 0 bridgehead atoms. The van der Waals surface area contributed by atoms with Crippen LogP contribution in [0.3, 0.4) is 0 Å². The minimum absolute atomic E-state index is 0.124. The first kappa shape index (κ1) is 22.8. The molecule has 0 saturated carbocycles.